The van der Waals surface area contributed by atoms with E-state index in [0.717, 1.165) is 46.8 Å². The molecule has 0 saturated carbocycles. The van der Waals surface area contributed by atoms with Crippen LogP contribution in [0.1, 0.15) is 29.5 Å². The summed E-state index contributed by atoms with van der Waals surface area (Å²) in [5, 5.41) is 9.07. The number of ether oxygens (including phenoxy) is 2. The van der Waals surface area contributed by atoms with Crippen LogP contribution in [-0.2, 0) is 18.3 Å². The van der Waals surface area contributed by atoms with Gasteiger partial charge in [0, 0.05) is 36.8 Å². The van der Waals surface area contributed by atoms with Gasteiger partial charge in [-0.25, -0.2) is 0 Å². The number of methoxy groups -OCH3 is 1. The van der Waals surface area contributed by atoms with Crippen molar-refractivity contribution < 1.29 is 13.9 Å². The second-order valence-electron chi connectivity index (χ2n) is 6.53. The van der Waals surface area contributed by atoms with Crippen LogP contribution in [0.15, 0.2) is 34.9 Å². The lowest BCUT2D eigenvalue weighted by molar-refractivity contribution is 0.0976. The average molecular weight is 341 g/mol. The molecule has 1 aromatic carbocycles. The van der Waals surface area contributed by atoms with Crippen LogP contribution in [0, 0.1) is 6.92 Å². The number of hydrogen-bond donors (Lipinski definition) is 1. The zero-order chi connectivity index (χ0) is 17.4. The number of aryl methyl sites for hydroxylation is 2. The first-order valence-electron chi connectivity index (χ1n) is 8.55. The summed E-state index contributed by atoms with van der Waals surface area (Å²) in [7, 11) is 3.61. The van der Waals surface area contributed by atoms with Crippen LogP contribution >= 0.6 is 0 Å². The lowest BCUT2D eigenvalue weighted by Crippen LogP contribution is -2.31. The van der Waals surface area contributed by atoms with Gasteiger partial charge in [-0.15, -0.1) is 0 Å². The molecule has 1 aliphatic rings. The number of nitrogens with one attached hydrogen (secondary N) is 1. The van der Waals surface area contributed by atoms with Gasteiger partial charge in [0.1, 0.15) is 23.2 Å². The van der Waals surface area contributed by atoms with Crippen LogP contribution in [0.3, 0.4) is 0 Å². The van der Waals surface area contributed by atoms with E-state index in [1.165, 1.54) is 0 Å². The van der Waals surface area contributed by atoms with Crippen molar-refractivity contribution in [1.29, 1.82) is 0 Å². The number of nitrogens with zero attached hydrogens (tertiary/aromatic N) is 2. The molecule has 0 bridgehead atoms. The summed E-state index contributed by atoms with van der Waals surface area (Å²) in [5.41, 5.74) is 3.06. The topological polar surface area (TPSA) is 61.4 Å². The van der Waals surface area contributed by atoms with E-state index >= 15 is 0 Å². The molecule has 2 aromatic heterocycles. The van der Waals surface area contributed by atoms with Crippen LogP contribution in [0.25, 0.3) is 11.0 Å². The Labute approximate surface area is 146 Å². The van der Waals surface area contributed by atoms with Crippen molar-refractivity contribution in [1.82, 2.24) is 15.1 Å². The van der Waals surface area contributed by atoms with Gasteiger partial charge in [-0.2, -0.15) is 5.10 Å². The third-order valence-electron chi connectivity index (χ3n) is 4.76. The van der Waals surface area contributed by atoms with E-state index < -0.39 is 0 Å². The van der Waals surface area contributed by atoms with Gasteiger partial charge in [-0.1, -0.05) is 0 Å². The number of rotatable bonds is 5. The summed E-state index contributed by atoms with van der Waals surface area (Å²) >= 11 is 0. The van der Waals surface area contributed by atoms with Gasteiger partial charge in [0.2, 0.25) is 0 Å². The van der Waals surface area contributed by atoms with Crippen LogP contribution in [0.5, 0.6) is 5.75 Å². The summed E-state index contributed by atoms with van der Waals surface area (Å²) in [6.07, 6.45) is 3.07. The molecule has 132 valence electrons. The molecule has 0 aliphatic carbocycles. The lowest BCUT2D eigenvalue weighted by Gasteiger charge is -2.19. The smallest absolute Gasteiger partial charge is 0.134 e. The third kappa shape index (κ3) is 3.15. The molecule has 25 heavy (non-hydrogen) atoms. The molecule has 4 rings (SSSR count). The first kappa shape index (κ1) is 16.2. The minimum absolute atomic E-state index is 0.0400. The van der Waals surface area contributed by atoms with Crippen molar-refractivity contribution in [3.63, 3.8) is 0 Å². The van der Waals surface area contributed by atoms with Gasteiger partial charge in [0.05, 0.1) is 19.3 Å². The predicted molar refractivity (Wildman–Crippen MR) is 94.6 cm³/mol. The molecule has 3 heterocycles. The molecule has 6 nitrogen and oxygen atoms in total. The van der Waals surface area contributed by atoms with E-state index in [-0.39, 0.29) is 12.1 Å². The van der Waals surface area contributed by atoms with Crippen molar-refractivity contribution in [2.75, 3.05) is 13.7 Å². The SMILES string of the molecule is COc1ccc2oc(CN[C@H]3CCO[C@@H]3c3cn(C)nc3C)cc2c1. The lowest BCUT2D eigenvalue weighted by atomic mass is 10.0. The predicted octanol–water partition coefficient (Wildman–Crippen LogP) is 3.10. The standard InChI is InChI=1S/C19H23N3O3/c1-12-16(11-22(2)21-12)19-17(6-7-24-19)20-10-15-9-13-8-14(23-3)4-5-18(13)25-15/h4-5,8-9,11,17,19-20H,6-7,10H2,1-3H3/t17-,19+/m0/s1. The normalized spacial score (nSPS) is 20.4. The van der Waals surface area contributed by atoms with E-state index in [2.05, 4.69) is 16.5 Å². The Morgan fingerprint density at radius 2 is 2.24 bits per heavy atom. The highest BCUT2D eigenvalue weighted by Crippen LogP contribution is 2.31. The number of aromatic nitrogens is 2. The molecule has 2 atom stereocenters. The fraction of sp³-hybridized carbons (Fsp3) is 0.421. The van der Waals surface area contributed by atoms with Gasteiger partial charge in [-0.3, -0.25) is 4.68 Å². The second-order valence-corrected chi connectivity index (χ2v) is 6.53. The van der Waals surface area contributed by atoms with Crippen molar-refractivity contribution in [2.24, 2.45) is 7.05 Å². The van der Waals surface area contributed by atoms with Gasteiger partial charge in [0.15, 0.2) is 0 Å². The van der Waals surface area contributed by atoms with Crippen LogP contribution in [0.2, 0.25) is 0 Å². The molecule has 0 spiro atoms. The van der Waals surface area contributed by atoms with Gasteiger partial charge in [-0.05, 0) is 37.6 Å². The summed E-state index contributed by atoms with van der Waals surface area (Å²) < 4.78 is 19.0. The Hall–Kier alpha value is -2.31. The van der Waals surface area contributed by atoms with Crippen molar-refractivity contribution in [3.8, 4) is 5.75 Å². The largest absolute Gasteiger partial charge is 0.497 e. The molecular formula is C19H23N3O3. The Kier molecular flexibility index (Phi) is 4.23. The van der Waals surface area contributed by atoms with Crippen molar-refractivity contribution >= 4 is 11.0 Å². The maximum Gasteiger partial charge on any atom is 0.134 e. The maximum atomic E-state index is 5.96. The molecule has 1 N–H and O–H groups in total. The average Bonchev–Trinajstić information content (AvgIpc) is 3.29. The number of hydrogen-bond acceptors (Lipinski definition) is 5. The maximum absolute atomic E-state index is 5.96. The van der Waals surface area contributed by atoms with E-state index in [0.29, 0.717) is 6.54 Å². The van der Waals surface area contributed by atoms with E-state index in [1.54, 1.807) is 7.11 Å². The first-order chi connectivity index (χ1) is 12.1. The number of fused-ring (bicyclic) bond motifs is 1. The highest BCUT2D eigenvalue weighted by Gasteiger charge is 2.31. The van der Waals surface area contributed by atoms with E-state index in [9.17, 15) is 0 Å². The molecule has 3 aromatic rings. The van der Waals surface area contributed by atoms with Crippen LogP contribution < -0.4 is 10.1 Å². The van der Waals surface area contributed by atoms with E-state index in [1.807, 2.05) is 43.0 Å². The number of furan rings is 1. The Balaban J connectivity index is 1.47. The molecule has 6 heteroatoms. The summed E-state index contributed by atoms with van der Waals surface area (Å²) in [4.78, 5) is 0. The second kappa shape index (κ2) is 6.54. The van der Waals surface area contributed by atoms with Crippen molar-refractivity contribution in [3.05, 3.63) is 47.5 Å². The van der Waals surface area contributed by atoms with Crippen LogP contribution in [-0.4, -0.2) is 29.5 Å². The highest BCUT2D eigenvalue weighted by molar-refractivity contribution is 5.79. The van der Waals surface area contributed by atoms with E-state index in [4.69, 9.17) is 13.9 Å². The molecule has 1 aliphatic heterocycles. The summed E-state index contributed by atoms with van der Waals surface area (Å²) in [6.45, 7) is 3.45. The summed E-state index contributed by atoms with van der Waals surface area (Å²) in [6, 6.07) is 8.16. The number of benzene rings is 1. The molecule has 0 amide bonds. The minimum atomic E-state index is 0.0400. The molecule has 1 fully saturated rings. The quantitative estimate of drug-likeness (QED) is 0.773. The van der Waals surface area contributed by atoms with Gasteiger partial charge >= 0.3 is 0 Å². The summed E-state index contributed by atoms with van der Waals surface area (Å²) in [5.74, 6) is 1.75. The van der Waals surface area contributed by atoms with Gasteiger partial charge < -0.3 is 19.2 Å². The monoisotopic (exact) mass is 341 g/mol. The van der Waals surface area contributed by atoms with Crippen LogP contribution in [0.4, 0.5) is 0 Å². The Morgan fingerprint density at radius 3 is 3.00 bits per heavy atom. The highest BCUT2D eigenvalue weighted by atomic mass is 16.5. The van der Waals surface area contributed by atoms with Gasteiger partial charge in [0.25, 0.3) is 0 Å². The third-order valence-corrected chi connectivity index (χ3v) is 4.76. The zero-order valence-corrected chi connectivity index (χ0v) is 14.8. The van der Waals surface area contributed by atoms with Crippen molar-refractivity contribution in [2.45, 2.75) is 32.0 Å². The Morgan fingerprint density at radius 1 is 1.36 bits per heavy atom. The fourth-order valence-corrected chi connectivity index (χ4v) is 3.52. The zero-order valence-electron chi connectivity index (χ0n) is 14.8. The Bertz CT molecular complexity index is 883. The minimum Gasteiger partial charge on any atom is -0.497 e. The fourth-order valence-electron chi connectivity index (χ4n) is 3.52. The first-order valence-corrected chi connectivity index (χ1v) is 8.55. The molecule has 0 radical (unpaired) electrons. The molecule has 0 unspecified atom stereocenters. The molecule has 1 saturated heterocycles. The molecular weight excluding hydrogens is 318 g/mol.